The van der Waals surface area contributed by atoms with Gasteiger partial charge in [0.25, 0.3) is 0 Å². The fourth-order valence-electron chi connectivity index (χ4n) is 2.03. The average Bonchev–Trinajstić information content (AvgIpc) is 2.91. The molecule has 0 atom stereocenters. The first kappa shape index (κ1) is 11.7. The Labute approximate surface area is 112 Å². The summed E-state index contributed by atoms with van der Waals surface area (Å²) in [5, 5.41) is 23.5. The first-order valence-electron chi connectivity index (χ1n) is 5.54. The summed E-state index contributed by atoms with van der Waals surface area (Å²) in [4.78, 5) is 12.0. The van der Waals surface area contributed by atoms with E-state index >= 15 is 0 Å². The molecular weight excluding hydrogens is 264 g/mol. The van der Waals surface area contributed by atoms with Crippen LogP contribution in [0, 0.1) is 0 Å². The predicted molar refractivity (Wildman–Crippen MR) is 72.7 cm³/mol. The van der Waals surface area contributed by atoms with Crippen molar-refractivity contribution >= 4 is 27.4 Å². The van der Waals surface area contributed by atoms with Crippen LogP contribution in [0.5, 0.6) is 5.75 Å². The first-order valence-corrected chi connectivity index (χ1v) is 6.36. The zero-order valence-electron chi connectivity index (χ0n) is 9.99. The summed E-state index contributed by atoms with van der Waals surface area (Å²) in [5.41, 5.74) is 0.756. The molecule has 3 rings (SSSR count). The van der Waals surface area contributed by atoms with Crippen molar-refractivity contribution in [2.45, 2.75) is 0 Å². The van der Waals surface area contributed by atoms with Gasteiger partial charge in [-0.15, -0.1) is 11.3 Å². The van der Waals surface area contributed by atoms with Gasteiger partial charge in [0.1, 0.15) is 11.3 Å². The molecule has 96 valence electrons. The second-order valence-corrected chi connectivity index (χ2v) is 5.25. The van der Waals surface area contributed by atoms with E-state index in [1.165, 1.54) is 17.5 Å². The van der Waals surface area contributed by atoms with Gasteiger partial charge in [0.15, 0.2) is 0 Å². The highest BCUT2D eigenvalue weighted by Crippen LogP contribution is 2.36. The predicted octanol–water partition coefficient (Wildman–Crippen LogP) is 2.71. The molecule has 2 heterocycles. The number of aromatic carboxylic acids is 1. The lowest BCUT2D eigenvalue weighted by atomic mass is 10.2. The minimum absolute atomic E-state index is 0.179. The molecule has 2 aromatic heterocycles. The summed E-state index contributed by atoms with van der Waals surface area (Å²) >= 11 is 1.47. The minimum Gasteiger partial charge on any atom is -0.508 e. The van der Waals surface area contributed by atoms with Crippen LogP contribution in [-0.2, 0) is 7.05 Å². The van der Waals surface area contributed by atoms with Crippen LogP contribution in [0.3, 0.4) is 0 Å². The van der Waals surface area contributed by atoms with Crippen LogP contribution < -0.4 is 0 Å². The molecule has 0 aliphatic heterocycles. The Kier molecular flexibility index (Phi) is 2.53. The summed E-state index contributed by atoms with van der Waals surface area (Å²) in [6, 6.07) is 6.95. The van der Waals surface area contributed by atoms with Gasteiger partial charge in [-0.3, -0.25) is 4.68 Å². The quantitative estimate of drug-likeness (QED) is 0.753. The standard InChI is InChI=1S/C13H10N2O3S/c1-15-12(9(6-14-15)13(17)18)11-5-7-4-8(16)2-3-10(7)19-11/h2-6,16H,1H3,(H,17,18). The Bertz CT molecular complexity index is 788. The molecule has 0 aliphatic carbocycles. The summed E-state index contributed by atoms with van der Waals surface area (Å²) in [5.74, 6) is -0.802. The number of carbonyl (C=O) groups is 1. The van der Waals surface area contributed by atoms with E-state index in [0.717, 1.165) is 15.0 Å². The lowest BCUT2D eigenvalue weighted by molar-refractivity contribution is 0.0697. The lowest BCUT2D eigenvalue weighted by Gasteiger charge is -1.99. The number of aryl methyl sites for hydroxylation is 1. The average molecular weight is 274 g/mol. The number of benzene rings is 1. The molecule has 6 heteroatoms. The van der Waals surface area contributed by atoms with Gasteiger partial charge in [0, 0.05) is 11.7 Å². The van der Waals surface area contributed by atoms with Crippen LogP contribution in [-0.4, -0.2) is 26.0 Å². The molecule has 0 bridgehead atoms. The van der Waals surface area contributed by atoms with Gasteiger partial charge in [-0.25, -0.2) is 4.79 Å². The Hall–Kier alpha value is -2.34. The molecule has 0 spiro atoms. The van der Waals surface area contributed by atoms with Gasteiger partial charge < -0.3 is 10.2 Å². The van der Waals surface area contributed by atoms with Gasteiger partial charge in [0.05, 0.1) is 16.8 Å². The SMILES string of the molecule is Cn1ncc(C(=O)O)c1-c1cc2cc(O)ccc2s1. The molecule has 0 saturated carbocycles. The number of hydrogen-bond acceptors (Lipinski definition) is 4. The number of carboxylic acids is 1. The van der Waals surface area contributed by atoms with Crippen LogP contribution in [0.25, 0.3) is 20.7 Å². The fraction of sp³-hybridized carbons (Fsp3) is 0.0769. The Morgan fingerprint density at radius 2 is 2.16 bits per heavy atom. The Morgan fingerprint density at radius 3 is 2.89 bits per heavy atom. The van der Waals surface area contributed by atoms with Crippen molar-refractivity contribution in [1.29, 1.82) is 0 Å². The first-order chi connectivity index (χ1) is 9.06. The number of fused-ring (bicyclic) bond motifs is 1. The monoisotopic (exact) mass is 274 g/mol. The molecule has 1 aromatic carbocycles. The van der Waals surface area contributed by atoms with E-state index in [-0.39, 0.29) is 11.3 Å². The van der Waals surface area contributed by atoms with Gasteiger partial charge in [-0.05, 0) is 29.7 Å². The fourth-order valence-corrected chi connectivity index (χ4v) is 3.17. The molecule has 3 aromatic rings. The smallest absolute Gasteiger partial charge is 0.339 e. The third-order valence-corrected chi connectivity index (χ3v) is 4.03. The van der Waals surface area contributed by atoms with Crippen molar-refractivity contribution in [2.75, 3.05) is 0 Å². The molecule has 2 N–H and O–H groups in total. The summed E-state index contributed by atoms with van der Waals surface area (Å²) in [6.45, 7) is 0. The largest absolute Gasteiger partial charge is 0.508 e. The molecule has 0 radical (unpaired) electrons. The number of phenols is 1. The molecule has 5 nitrogen and oxygen atoms in total. The summed E-state index contributed by atoms with van der Waals surface area (Å²) in [7, 11) is 1.71. The number of nitrogens with zero attached hydrogens (tertiary/aromatic N) is 2. The second-order valence-electron chi connectivity index (χ2n) is 4.17. The van der Waals surface area contributed by atoms with E-state index in [9.17, 15) is 15.0 Å². The second kappa shape index (κ2) is 4.10. The van der Waals surface area contributed by atoms with E-state index in [1.54, 1.807) is 23.9 Å². The van der Waals surface area contributed by atoms with Crippen LogP contribution in [0.2, 0.25) is 0 Å². The Morgan fingerprint density at radius 1 is 1.37 bits per heavy atom. The van der Waals surface area contributed by atoms with E-state index in [4.69, 9.17) is 0 Å². The van der Waals surface area contributed by atoms with E-state index in [0.29, 0.717) is 5.69 Å². The van der Waals surface area contributed by atoms with Gasteiger partial charge in [-0.2, -0.15) is 5.10 Å². The minimum atomic E-state index is -0.997. The maximum Gasteiger partial charge on any atom is 0.339 e. The highest BCUT2D eigenvalue weighted by atomic mass is 32.1. The summed E-state index contributed by atoms with van der Waals surface area (Å²) < 4.78 is 2.54. The van der Waals surface area contributed by atoms with E-state index < -0.39 is 5.97 Å². The third kappa shape index (κ3) is 1.86. The molecule has 0 fully saturated rings. The number of rotatable bonds is 2. The zero-order valence-corrected chi connectivity index (χ0v) is 10.8. The van der Waals surface area contributed by atoms with Crippen molar-refractivity contribution in [1.82, 2.24) is 9.78 Å². The number of thiophene rings is 1. The zero-order chi connectivity index (χ0) is 13.6. The molecule has 19 heavy (non-hydrogen) atoms. The molecule has 0 unspecified atom stereocenters. The van der Waals surface area contributed by atoms with Crippen LogP contribution in [0.15, 0.2) is 30.5 Å². The Balaban J connectivity index is 2.24. The highest BCUT2D eigenvalue weighted by molar-refractivity contribution is 7.22. The highest BCUT2D eigenvalue weighted by Gasteiger charge is 2.18. The molecule has 0 aliphatic rings. The van der Waals surface area contributed by atoms with Crippen molar-refractivity contribution in [3.8, 4) is 16.3 Å². The maximum atomic E-state index is 11.2. The number of aromatic hydroxyl groups is 1. The van der Waals surface area contributed by atoms with Gasteiger partial charge >= 0.3 is 5.97 Å². The normalized spacial score (nSPS) is 11.0. The molecule has 0 saturated heterocycles. The number of phenolic OH excluding ortho intramolecular Hbond substituents is 1. The van der Waals surface area contributed by atoms with Crippen molar-refractivity contribution in [2.24, 2.45) is 7.05 Å². The van der Waals surface area contributed by atoms with Crippen LogP contribution in [0.4, 0.5) is 0 Å². The van der Waals surface area contributed by atoms with Crippen molar-refractivity contribution in [3.05, 3.63) is 36.0 Å². The maximum absolute atomic E-state index is 11.2. The third-order valence-electron chi connectivity index (χ3n) is 2.90. The van der Waals surface area contributed by atoms with Crippen molar-refractivity contribution in [3.63, 3.8) is 0 Å². The number of carboxylic acid groups (broad SMARTS) is 1. The van der Waals surface area contributed by atoms with Crippen LogP contribution in [0.1, 0.15) is 10.4 Å². The lowest BCUT2D eigenvalue weighted by Crippen LogP contribution is -1.99. The van der Waals surface area contributed by atoms with Crippen molar-refractivity contribution < 1.29 is 15.0 Å². The topological polar surface area (TPSA) is 75.4 Å². The number of aromatic nitrogens is 2. The summed E-state index contributed by atoms with van der Waals surface area (Å²) in [6.07, 6.45) is 1.35. The van der Waals surface area contributed by atoms with E-state index in [2.05, 4.69) is 5.10 Å². The molecular formula is C13H10N2O3S. The van der Waals surface area contributed by atoms with Gasteiger partial charge in [-0.1, -0.05) is 0 Å². The number of hydrogen-bond donors (Lipinski definition) is 2. The van der Waals surface area contributed by atoms with E-state index in [1.807, 2.05) is 12.1 Å². The van der Waals surface area contributed by atoms with Gasteiger partial charge in [0.2, 0.25) is 0 Å². The molecule has 0 amide bonds. The van der Waals surface area contributed by atoms with Crippen LogP contribution >= 0.6 is 11.3 Å².